The number of alkyl carbamates (subject to hydrolysis) is 1. The zero-order chi connectivity index (χ0) is 22.6. The largest absolute Gasteiger partial charge is 0.445 e. The van der Waals surface area contributed by atoms with Crippen LogP contribution in [-0.2, 0) is 30.3 Å². The fraction of sp³-hybridized carbons (Fsp3) is 0.652. The van der Waals surface area contributed by atoms with Crippen molar-refractivity contribution in [3.05, 3.63) is 35.9 Å². The molecule has 1 aromatic carbocycles. The second-order valence-corrected chi connectivity index (χ2v) is 7.87. The van der Waals surface area contributed by atoms with Crippen LogP contribution in [0.3, 0.4) is 0 Å². The Morgan fingerprint density at radius 1 is 1.06 bits per heavy atom. The first kappa shape index (κ1) is 25.1. The van der Waals surface area contributed by atoms with Gasteiger partial charge < -0.3 is 29.6 Å². The zero-order valence-electron chi connectivity index (χ0n) is 19.0. The lowest BCUT2D eigenvalue weighted by atomic mass is 9.81. The maximum atomic E-state index is 11.7. The fourth-order valence-corrected chi connectivity index (χ4v) is 3.66. The lowest BCUT2D eigenvalue weighted by molar-refractivity contribution is -0.239. The monoisotopic (exact) mass is 436 g/mol. The van der Waals surface area contributed by atoms with Crippen LogP contribution in [0.2, 0.25) is 0 Å². The van der Waals surface area contributed by atoms with E-state index in [0.717, 1.165) is 12.0 Å². The third kappa shape index (κ3) is 8.47. The van der Waals surface area contributed by atoms with Crippen LogP contribution < -0.4 is 10.6 Å². The third-order valence-electron chi connectivity index (χ3n) is 5.59. The van der Waals surface area contributed by atoms with Crippen molar-refractivity contribution < 1.29 is 28.5 Å². The second-order valence-electron chi connectivity index (χ2n) is 7.87. The van der Waals surface area contributed by atoms with Gasteiger partial charge in [-0.05, 0) is 23.8 Å². The van der Waals surface area contributed by atoms with E-state index in [1.807, 2.05) is 30.3 Å². The highest BCUT2D eigenvalue weighted by Crippen LogP contribution is 2.32. The summed E-state index contributed by atoms with van der Waals surface area (Å²) in [7, 11) is 0. The molecule has 8 heteroatoms. The van der Waals surface area contributed by atoms with Gasteiger partial charge in [0, 0.05) is 13.5 Å². The minimum Gasteiger partial charge on any atom is -0.445 e. The summed E-state index contributed by atoms with van der Waals surface area (Å²) in [5, 5.41) is 5.61. The van der Waals surface area contributed by atoms with Gasteiger partial charge in [-0.2, -0.15) is 0 Å². The number of benzene rings is 1. The topological polar surface area (TPSA) is 95.1 Å². The summed E-state index contributed by atoms with van der Waals surface area (Å²) in [4.78, 5) is 23.3. The number of carbonyl (C=O) groups is 2. The smallest absolute Gasteiger partial charge is 0.407 e. The van der Waals surface area contributed by atoms with Crippen molar-refractivity contribution in [1.82, 2.24) is 10.6 Å². The molecule has 2 N–H and O–H groups in total. The van der Waals surface area contributed by atoms with E-state index in [9.17, 15) is 9.59 Å². The number of nitrogens with one attached hydrogen (secondary N) is 2. The number of amides is 2. The number of carbonyl (C=O) groups excluding carboxylic acids is 2. The van der Waals surface area contributed by atoms with Crippen LogP contribution in [0.4, 0.5) is 4.79 Å². The molecule has 1 aliphatic rings. The second kappa shape index (κ2) is 13.3. The maximum Gasteiger partial charge on any atom is 0.407 e. The molecule has 0 aliphatic carbocycles. The molecule has 8 nitrogen and oxygen atoms in total. The first-order valence-corrected chi connectivity index (χ1v) is 11.0. The summed E-state index contributed by atoms with van der Waals surface area (Å²) in [5.41, 5.74) is 0.933. The molecule has 0 spiro atoms. The predicted molar refractivity (Wildman–Crippen MR) is 116 cm³/mol. The Hall–Kier alpha value is -2.16. The van der Waals surface area contributed by atoms with Crippen molar-refractivity contribution in [3.63, 3.8) is 0 Å². The molecule has 31 heavy (non-hydrogen) atoms. The van der Waals surface area contributed by atoms with Gasteiger partial charge in [-0.15, -0.1) is 0 Å². The molecule has 0 saturated carbocycles. The Labute approximate surface area is 185 Å². The molecule has 1 fully saturated rings. The highest BCUT2D eigenvalue weighted by atomic mass is 16.7. The van der Waals surface area contributed by atoms with E-state index in [-0.39, 0.29) is 30.6 Å². The number of hydrogen-bond donors (Lipinski definition) is 2. The molecule has 1 aromatic rings. The number of hydrogen-bond acceptors (Lipinski definition) is 6. The summed E-state index contributed by atoms with van der Waals surface area (Å²) in [6, 6.07) is 9.30. The van der Waals surface area contributed by atoms with Gasteiger partial charge in [0.15, 0.2) is 6.29 Å². The molecule has 5 atom stereocenters. The van der Waals surface area contributed by atoms with E-state index in [1.165, 1.54) is 6.92 Å². The van der Waals surface area contributed by atoms with Crippen molar-refractivity contribution in [3.8, 4) is 0 Å². The van der Waals surface area contributed by atoms with Crippen LogP contribution >= 0.6 is 0 Å². The zero-order valence-corrected chi connectivity index (χ0v) is 19.0. The van der Waals surface area contributed by atoms with Crippen molar-refractivity contribution >= 4 is 12.0 Å². The molecule has 2 rings (SSSR count). The first-order valence-electron chi connectivity index (χ1n) is 11.0. The minimum atomic E-state index is -0.505. The average molecular weight is 437 g/mol. The van der Waals surface area contributed by atoms with Crippen LogP contribution in [0.15, 0.2) is 30.3 Å². The Morgan fingerprint density at radius 2 is 1.81 bits per heavy atom. The Balaban J connectivity index is 1.61. The van der Waals surface area contributed by atoms with Gasteiger partial charge >= 0.3 is 6.09 Å². The average Bonchev–Trinajstić information content (AvgIpc) is 2.76. The van der Waals surface area contributed by atoms with Gasteiger partial charge in [-0.3, -0.25) is 4.79 Å². The van der Waals surface area contributed by atoms with Gasteiger partial charge in [0.05, 0.1) is 32.0 Å². The van der Waals surface area contributed by atoms with Crippen LogP contribution in [0, 0.1) is 11.8 Å². The van der Waals surface area contributed by atoms with Gasteiger partial charge in [-0.25, -0.2) is 4.79 Å². The van der Waals surface area contributed by atoms with Crippen molar-refractivity contribution in [2.45, 2.75) is 59.2 Å². The summed E-state index contributed by atoms with van der Waals surface area (Å²) in [5.74, 6) is 0.461. The predicted octanol–water partition coefficient (Wildman–Crippen LogP) is 2.86. The highest BCUT2D eigenvalue weighted by Gasteiger charge is 2.41. The summed E-state index contributed by atoms with van der Waals surface area (Å²) in [6.45, 7) is 9.45. The molecular formula is C23H36N2O6. The maximum absolute atomic E-state index is 11.7. The molecule has 0 aromatic heterocycles. The third-order valence-corrected chi connectivity index (χ3v) is 5.59. The quantitative estimate of drug-likeness (QED) is 0.518. The van der Waals surface area contributed by atoms with E-state index >= 15 is 0 Å². The van der Waals surface area contributed by atoms with E-state index in [4.69, 9.17) is 18.9 Å². The summed E-state index contributed by atoms with van der Waals surface area (Å²) >= 11 is 0. The van der Waals surface area contributed by atoms with Crippen LogP contribution in [0.1, 0.15) is 39.7 Å². The normalized spacial score (nSPS) is 25.6. The van der Waals surface area contributed by atoms with E-state index in [2.05, 4.69) is 31.4 Å². The number of rotatable bonds is 11. The first-order chi connectivity index (χ1) is 14.9. The van der Waals surface area contributed by atoms with E-state index < -0.39 is 12.4 Å². The highest BCUT2D eigenvalue weighted by molar-refractivity contribution is 5.73. The standard InChI is InChI=1S/C23H36N2O6/c1-5-20-16(2)17(3)21(25-18(4)26)22(31-20)29-14-13-28-12-11-24-23(27)30-15-19-9-7-6-8-10-19/h6-10,16-17,20-22H,5,11-15H2,1-4H3,(H,24,27)(H,25,26). The van der Waals surface area contributed by atoms with Crippen molar-refractivity contribution in [2.24, 2.45) is 11.8 Å². The molecule has 1 heterocycles. The molecule has 2 amide bonds. The molecule has 5 unspecified atom stereocenters. The van der Waals surface area contributed by atoms with E-state index in [1.54, 1.807) is 0 Å². The van der Waals surface area contributed by atoms with Gasteiger partial charge in [0.25, 0.3) is 0 Å². The molecule has 174 valence electrons. The molecule has 1 saturated heterocycles. The Kier molecular flexibility index (Phi) is 10.8. The molecule has 0 radical (unpaired) electrons. The fourth-order valence-electron chi connectivity index (χ4n) is 3.66. The summed E-state index contributed by atoms with van der Waals surface area (Å²) in [6.07, 6.45) is -0.00122. The van der Waals surface area contributed by atoms with Gasteiger partial charge in [0.2, 0.25) is 5.91 Å². The number of ether oxygens (including phenoxy) is 4. The molecule has 0 bridgehead atoms. The SMILES string of the molecule is CCC1OC(OCCOCCNC(=O)OCc2ccccc2)C(NC(C)=O)C(C)C1C. The molecule has 1 aliphatic heterocycles. The lowest BCUT2D eigenvalue weighted by Gasteiger charge is -2.44. The van der Waals surface area contributed by atoms with Crippen LogP contribution in [0.5, 0.6) is 0 Å². The lowest BCUT2D eigenvalue weighted by Crippen LogP contribution is -2.57. The van der Waals surface area contributed by atoms with Gasteiger partial charge in [-0.1, -0.05) is 51.1 Å². The van der Waals surface area contributed by atoms with Crippen molar-refractivity contribution in [1.29, 1.82) is 0 Å². The Morgan fingerprint density at radius 3 is 2.48 bits per heavy atom. The van der Waals surface area contributed by atoms with Crippen molar-refractivity contribution in [2.75, 3.05) is 26.4 Å². The van der Waals surface area contributed by atoms with Crippen LogP contribution in [-0.4, -0.2) is 56.8 Å². The minimum absolute atomic E-state index is 0.0945. The van der Waals surface area contributed by atoms with E-state index in [0.29, 0.717) is 32.3 Å². The van der Waals surface area contributed by atoms with Crippen LogP contribution in [0.25, 0.3) is 0 Å². The Bertz CT molecular complexity index is 671. The van der Waals surface area contributed by atoms with Gasteiger partial charge in [0.1, 0.15) is 6.61 Å². The molecular weight excluding hydrogens is 400 g/mol. The summed E-state index contributed by atoms with van der Waals surface area (Å²) < 4.78 is 22.6.